The Hall–Kier alpha value is -1.83. The summed E-state index contributed by atoms with van der Waals surface area (Å²) in [6, 6.07) is 1.13. The Morgan fingerprint density at radius 2 is 2.19 bits per heavy atom. The molecule has 5 nitrogen and oxygen atoms in total. The molecular formula is C13H16F3N5. The minimum atomic E-state index is -4.40. The van der Waals surface area contributed by atoms with E-state index in [2.05, 4.69) is 20.2 Å². The highest BCUT2D eigenvalue weighted by atomic mass is 19.4. The molecule has 0 bridgehead atoms. The molecule has 0 atom stereocenters. The molecule has 0 amide bonds. The van der Waals surface area contributed by atoms with Crippen LogP contribution in [0.25, 0.3) is 0 Å². The van der Waals surface area contributed by atoms with Crippen molar-refractivity contribution in [1.82, 2.24) is 24.9 Å². The van der Waals surface area contributed by atoms with Crippen LogP contribution < -0.4 is 0 Å². The Balaban J connectivity index is 1.76. The number of halogens is 3. The number of nitrogens with one attached hydrogen (secondary N) is 1. The molecule has 2 aromatic rings. The highest BCUT2D eigenvalue weighted by Crippen LogP contribution is 2.29. The van der Waals surface area contributed by atoms with Crippen molar-refractivity contribution in [3.8, 4) is 0 Å². The number of hydrogen-bond acceptors (Lipinski definition) is 3. The molecule has 0 radical (unpaired) electrons. The SMILES string of the molecule is Cn1nc(C(F)(F)F)cc1CN1CCCc2[nH]ncc2C1. The number of fused-ring (bicyclic) bond motifs is 1. The molecule has 114 valence electrons. The number of H-pyrrole nitrogens is 1. The zero-order valence-corrected chi connectivity index (χ0v) is 11.6. The van der Waals surface area contributed by atoms with E-state index in [9.17, 15) is 13.2 Å². The van der Waals surface area contributed by atoms with Gasteiger partial charge in [0.2, 0.25) is 0 Å². The summed E-state index contributed by atoms with van der Waals surface area (Å²) in [5.41, 5.74) is 1.97. The van der Waals surface area contributed by atoms with Gasteiger partial charge < -0.3 is 0 Å². The van der Waals surface area contributed by atoms with E-state index in [1.165, 1.54) is 4.68 Å². The second kappa shape index (κ2) is 5.18. The van der Waals surface area contributed by atoms with Gasteiger partial charge in [-0.3, -0.25) is 14.7 Å². The summed E-state index contributed by atoms with van der Waals surface area (Å²) in [7, 11) is 1.55. The van der Waals surface area contributed by atoms with Crippen molar-refractivity contribution in [2.75, 3.05) is 6.54 Å². The van der Waals surface area contributed by atoms with Gasteiger partial charge in [0.15, 0.2) is 5.69 Å². The molecule has 21 heavy (non-hydrogen) atoms. The van der Waals surface area contributed by atoms with Crippen LogP contribution in [0.15, 0.2) is 12.3 Å². The van der Waals surface area contributed by atoms with Gasteiger partial charge in [0.1, 0.15) is 0 Å². The number of rotatable bonds is 2. The molecule has 3 heterocycles. The standard InChI is InChI=1S/C13H16F3N5/c1-20-10(5-12(19-20)13(14,15)16)8-21-4-2-3-11-9(7-21)6-17-18-11/h5-6H,2-4,7-8H2,1H3,(H,17,18). The number of aromatic nitrogens is 4. The van der Waals surface area contributed by atoms with Gasteiger partial charge in [-0.15, -0.1) is 0 Å². The quantitative estimate of drug-likeness (QED) is 0.924. The molecule has 0 aromatic carbocycles. The third-order valence-corrected chi connectivity index (χ3v) is 3.76. The Kier molecular flexibility index (Phi) is 3.48. The van der Waals surface area contributed by atoms with Crippen molar-refractivity contribution in [1.29, 1.82) is 0 Å². The first kappa shape index (κ1) is 14.1. The average molecular weight is 299 g/mol. The molecule has 2 aromatic heterocycles. The predicted octanol–water partition coefficient (Wildman–Crippen LogP) is 2.11. The van der Waals surface area contributed by atoms with Crippen LogP contribution >= 0.6 is 0 Å². The summed E-state index contributed by atoms with van der Waals surface area (Å²) in [6.45, 7) is 1.98. The van der Waals surface area contributed by atoms with Crippen LogP contribution in [0, 0.1) is 0 Å². The Morgan fingerprint density at radius 3 is 2.90 bits per heavy atom. The third kappa shape index (κ3) is 2.94. The molecule has 8 heteroatoms. The average Bonchev–Trinajstić information content (AvgIpc) is 2.92. The van der Waals surface area contributed by atoms with E-state index in [0.717, 1.165) is 36.7 Å². The van der Waals surface area contributed by atoms with Gasteiger partial charge >= 0.3 is 6.18 Å². The monoisotopic (exact) mass is 299 g/mol. The van der Waals surface area contributed by atoms with E-state index in [1.807, 2.05) is 0 Å². The molecule has 0 saturated heterocycles. The molecule has 1 aliphatic rings. The van der Waals surface area contributed by atoms with Gasteiger partial charge in [0.05, 0.1) is 11.9 Å². The maximum absolute atomic E-state index is 12.7. The minimum absolute atomic E-state index is 0.449. The van der Waals surface area contributed by atoms with Gasteiger partial charge in [0, 0.05) is 31.4 Å². The third-order valence-electron chi connectivity index (χ3n) is 3.76. The molecular weight excluding hydrogens is 283 g/mol. The minimum Gasteiger partial charge on any atom is -0.293 e. The van der Waals surface area contributed by atoms with Crippen LogP contribution in [0.2, 0.25) is 0 Å². The van der Waals surface area contributed by atoms with Crippen LogP contribution in [-0.4, -0.2) is 31.4 Å². The summed E-state index contributed by atoms with van der Waals surface area (Å²) in [5, 5.41) is 10.5. The fourth-order valence-electron chi connectivity index (χ4n) is 2.65. The molecule has 1 N–H and O–H groups in total. The van der Waals surface area contributed by atoms with Crippen molar-refractivity contribution < 1.29 is 13.2 Å². The lowest BCUT2D eigenvalue weighted by Crippen LogP contribution is -2.24. The van der Waals surface area contributed by atoms with Crippen LogP contribution in [0.5, 0.6) is 0 Å². The first-order chi connectivity index (χ1) is 9.93. The summed E-state index contributed by atoms with van der Waals surface area (Å²) in [4.78, 5) is 2.12. The number of hydrogen-bond donors (Lipinski definition) is 1. The zero-order chi connectivity index (χ0) is 15.0. The van der Waals surface area contributed by atoms with E-state index >= 15 is 0 Å². The first-order valence-corrected chi connectivity index (χ1v) is 6.77. The topological polar surface area (TPSA) is 49.7 Å². The molecule has 3 rings (SSSR count). The summed E-state index contributed by atoms with van der Waals surface area (Å²) in [6.07, 6.45) is -0.727. The molecule has 0 aliphatic carbocycles. The van der Waals surface area contributed by atoms with Gasteiger partial charge in [-0.1, -0.05) is 0 Å². The van der Waals surface area contributed by atoms with E-state index in [0.29, 0.717) is 18.8 Å². The number of alkyl halides is 3. The van der Waals surface area contributed by atoms with Gasteiger partial charge in [-0.2, -0.15) is 23.4 Å². The highest BCUT2D eigenvalue weighted by molar-refractivity contribution is 5.18. The van der Waals surface area contributed by atoms with Gasteiger partial charge in [-0.25, -0.2) is 0 Å². The van der Waals surface area contributed by atoms with E-state index < -0.39 is 11.9 Å². The van der Waals surface area contributed by atoms with Crippen molar-refractivity contribution >= 4 is 0 Å². The van der Waals surface area contributed by atoms with Crippen molar-refractivity contribution in [3.63, 3.8) is 0 Å². The van der Waals surface area contributed by atoms with E-state index in [-0.39, 0.29) is 0 Å². The smallest absolute Gasteiger partial charge is 0.293 e. The largest absolute Gasteiger partial charge is 0.435 e. The maximum atomic E-state index is 12.7. The first-order valence-electron chi connectivity index (χ1n) is 6.77. The summed E-state index contributed by atoms with van der Waals surface area (Å²) in [5.74, 6) is 0. The normalized spacial score (nSPS) is 16.8. The van der Waals surface area contributed by atoms with Crippen molar-refractivity contribution in [2.45, 2.75) is 32.1 Å². The second-order valence-electron chi connectivity index (χ2n) is 5.33. The molecule has 0 spiro atoms. The maximum Gasteiger partial charge on any atom is 0.435 e. The molecule has 0 saturated carbocycles. The number of aromatic amines is 1. The van der Waals surface area contributed by atoms with Crippen LogP contribution in [0.1, 0.15) is 29.1 Å². The van der Waals surface area contributed by atoms with Crippen molar-refractivity contribution in [3.05, 3.63) is 34.9 Å². The van der Waals surface area contributed by atoms with Crippen LogP contribution in [0.4, 0.5) is 13.2 Å². The molecule has 0 unspecified atom stereocenters. The summed E-state index contributed by atoms with van der Waals surface area (Å²) >= 11 is 0. The highest BCUT2D eigenvalue weighted by Gasteiger charge is 2.34. The lowest BCUT2D eigenvalue weighted by Gasteiger charge is -2.19. The van der Waals surface area contributed by atoms with Crippen molar-refractivity contribution in [2.24, 2.45) is 7.05 Å². The van der Waals surface area contributed by atoms with Gasteiger partial charge in [-0.05, 0) is 25.5 Å². The predicted molar refractivity (Wildman–Crippen MR) is 69.2 cm³/mol. The van der Waals surface area contributed by atoms with E-state index in [1.54, 1.807) is 13.2 Å². The lowest BCUT2D eigenvalue weighted by molar-refractivity contribution is -0.141. The lowest BCUT2D eigenvalue weighted by atomic mass is 10.2. The van der Waals surface area contributed by atoms with Gasteiger partial charge in [0.25, 0.3) is 0 Å². The molecule has 0 fully saturated rings. The second-order valence-corrected chi connectivity index (χ2v) is 5.33. The molecule has 1 aliphatic heterocycles. The Bertz CT molecular complexity index is 628. The number of aryl methyl sites for hydroxylation is 2. The Morgan fingerprint density at radius 1 is 1.38 bits per heavy atom. The zero-order valence-electron chi connectivity index (χ0n) is 11.6. The van der Waals surface area contributed by atoms with Crippen LogP contribution in [-0.2, 0) is 32.7 Å². The number of nitrogens with zero attached hydrogens (tertiary/aromatic N) is 4. The Labute approximate surface area is 119 Å². The van der Waals surface area contributed by atoms with Crippen LogP contribution in [0.3, 0.4) is 0 Å². The fourth-order valence-corrected chi connectivity index (χ4v) is 2.65. The van der Waals surface area contributed by atoms with E-state index in [4.69, 9.17) is 0 Å². The summed E-state index contributed by atoms with van der Waals surface area (Å²) < 4.78 is 39.3. The fraction of sp³-hybridized carbons (Fsp3) is 0.538.